The van der Waals surface area contributed by atoms with Crippen LogP contribution in [0.2, 0.25) is 0 Å². The molecule has 1 amide bonds. The van der Waals surface area contributed by atoms with Crippen molar-refractivity contribution in [3.63, 3.8) is 0 Å². The number of amides is 1. The predicted molar refractivity (Wildman–Crippen MR) is 96.7 cm³/mol. The number of benzene rings is 1. The lowest BCUT2D eigenvalue weighted by atomic mass is 10.1. The number of hydrogen-bond acceptors (Lipinski definition) is 5. The van der Waals surface area contributed by atoms with Crippen LogP contribution in [0.4, 0.5) is 11.6 Å². The second-order valence-corrected chi connectivity index (χ2v) is 5.72. The van der Waals surface area contributed by atoms with E-state index in [0.717, 1.165) is 25.2 Å². The second-order valence-electron chi connectivity index (χ2n) is 5.72. The smallest absolute Gasteiger partial charge is 0.258 e. The predicted octanol–water partition coefficient (Wildman–Crippen LogP) is 3.68. The molecule has 2 heterocycles. The molecule has 0 atom stereocenters. The molecule has 25 heavy (non-hydrogen) atoms. The second kappa shape index (κ2) is 8.10. The average molecular weight is 336 g/mol. The molecule has 0 bridgehead atoms. The van der Waals surface area contributed by atoms with Crippen molar-refractivity contribution in [2.24, 2.45) is 0 Å². The molecule has 0 aliphatic heterocycles. The molecule has 0 saturated carbocycles. The summed E-state index contributed by atoms with van der Waals surface area (Å²) in [5, 5.41) is 9.66. The molecule has 0 saturated heterocycles. The molecular weight excluding hydrogens is 316 g/mol. The van der Waals surface area contributed by atoms with E-state index in [9.17, 15) is 4.79 Å². The fourth-order valence-corrected chi connectivity index (χ4v) is 2.40. The summed E-state index contributed by atoms with van der Waals surface area (Å²) in [7, 11) is 0. The first-order valence-corrected chi connectivity index (χ1v) is 8.19. The summed E-state index contributed by atoms with van der Waals surface area (Å²) >= 11 is 0. The molecule has 128 valence electrons. The van der Waals surface area contributed by atoms with Crippen molar-refractivity contribution in [3.05, 3.63) is 71.6 Å². The molecule has 6 heteroatoms. The molecule has 0 radical (unpaired) electrons. The minimum atomic E-state index is -0.267. The van der Waals surface area contributed by atoms with Crippen LogP contribution >= 0.6 is 0 Å². The number of pyridine rings is 1. The quantitative estimate of drug-likeness (QED) is 0.643. The lowest BCUT2D eigenvalue weighted by molar-refractivity contribution is 0.102. The fraction of sp³-hybridized carbons (Fsp3) is 0.211. The third kappa shape index (κ3) is 4.91. The van der Waals surface area contributed by atoms with E-state index in [1.807, 2.05) is 6.07 Å². The SMILES string of the molecule is Cc1cc(NC(=O)c2ccc(NCCCc3ccccc3)nc2)no1. The van der Waals surface area contributed by atoms with Crippen molar-refractivity contribution < 1.29 is 9.32 Å². The molecule has 3 aromatic rings. The Hall–Kier alpha value is -3.15. The molecule has 1 aromatic carbocycles. The van der Waals surface area contributed by atoms with E-state index in [1.165, 1.54) is 5.56 Å². The molecule has 0 aliphatic carbocycles. The highest BCUT2D eigenvalue weighted by Crippen LogP contribution is 2.11. The number of nitrogens with one attached hydrogen (secondary N) is 2. The number of anilines is 2. The van der Waals surface area contributed by atoms with Crippen LogP contribution in [0.3, 0.4) is 0 Å². The first-order valence-electron chi connectivity index (χ1n) is 8.19. The van der Waals surface area contributed by atoms with Crippen molar-refractivity contribution in [2.45, 2.75) is 19.8 Å². The van der Waals surface area contributed by atoms with Gasteiger partial charge in [-0.25, -0.2) is 4.98 Å². The van der Waals surface area contributed by atoms with Gasteiger partial charge in [0, 0.05) is 18.8 Å². The Bertz CT molecular complexity index is 813. The first kappa shape index (κ1) is 16.7. The Morgan fingerprint density at radius 3 is 2.64 bits per heavy atom. The number of aryl methyl sites for hydroxylation is 2. The molecule has 0 spiro atoms. The summed E-state index contributed by atoms with van der Waals surface area (Å²) in [6, 6.07) is 15.6. The van der Waals surface area contributed by atoms with Gasteiger partial charge in [-0.1, -0.05) is 35.5 Å². The van der Waals surface area contributed by atoms with Gasteiger partial charge in [0.05, 0.1) is 5.56 Å². The first-order chi connectivity index (χ1) is 12.2. The number of aromatic nitrogens is 2. The number of rotatable bonds is 7. The van der Waals surface area contributed by atoms with Gasteiger partial charge in [-0.3, -0.25) is 4.79 Å². The number of carbonyl (C=O) groups is 1. The molecule has 2 N–H and O–H groups in total. The van der Waals surface area contributed by atoms with Crippen LogP contribution in [0.15, 0.2) is 59.3 Å². The fourth-order valence-electron chi connectivity index (χ4n) is 2.40. The van der Waals surface area contributed by atoms with Crippen molar-refractivity contribution in [1.29, 1.82) is 0 Å². The van der Waals surface area contributed by atoms with Gasteiger partial charge in [-0.05, 0) is 37.5 Å². The minimum Gasteiger partial charge on any atom is -0.370 e. The van der Waals surface area contributed by atoms with Gasteiger partial charge in [0.25, 0.3) is 5.91 Å². The van der Waals surface area contributed by atoms with Crippen molar-refractivity contribution in [3.8, 4) is 0 Å². The van der Waals surface area contributed by atoms with E-state index in [0.29, 0.717) is 17.1 Å². The van der Waals surface area contributed by atoms with Crippen LogP contribution in [0, 0.1) is 6.92 Å². The standard InChI is InChI=1S/C19H20N4O2/c1-14-12-18(23-25-14)22-19(24)16-9-10-17(21-13-16)20-11-5-8-15-6-3-2-4-7-15/h2-4,6-7,9-10,12-13H,5,8,11H2,1H3,(H,20,21)(H,22,23,24). The Balaban J connectivity index is 1.46. The molecule has 0 aliphatic rings. The summed E-state index contributed by atoms with van der Waals surface area (Å²) in [5.41, 5.74) is 1.79. The maximum Gasteiger partial charge on any atom is 0.258 e. The maximum absolute atomic E-state index is 12.1. The van der Waals surface area contributed by atoms with Gasteiger partial charge in [0.1, 0.15) is 11.6 Å². The van der Waals surface area contributed by atoms with Gasteiger partial charge < -0.3 is 15.2 Å². The summed E-state index contributed by atoms with van der Waals surface area (Å²) in [4.78, 5) is 16.4. The highest BCUT2D eigenvalue weighted by atomic mass is 16.5. The third-order valence-electron chi connectivity index (χ3n) is 3.69. The highest BCUT2D eigenvalue weighted by Gasteiger charge is 2.09. The van der Waals surface area contributed by atoms with Crippen LogP contribution in [-0.2, 0) is 6.42 Å². The van der Waals surface area contributed by atoms with E-state index < -0.39 is 0 Å². The van der Waals surface area contributed by atoms with E-state index in [2.05, 4.69) is 45.0 Å². The molecule has 6 nitrogen and oxygen atoms in total. The van der Waals surface area contributed by atoms with E-state index in [-0.39, 0.29) is 5.91 Å². The Kier molecular flexibility index (Phi) is 5.41. The molecule has 0 fully saturated rings. The van der Waals surface area contributed by atoms with Crippen LogP contribution in [-0.4, -0.2) is 22.6 Å². The largest absolute Gasteiger partial charge is 0.370 e. The molecular formula is C19H20N4O2. The van der Waals surface area contributed by atoms with Gasteiger partial charge in [-0.15, -0.1) is 0 Å². The zero-order valence-corrected chi connectivity index (χ0v) is 14.0. The maximum atomic E-state index is 12.1. The van der Waals surface area contributed by atoms with E-state index >= 15 is 0 Å². The van der Waals surface area contributed by atoms with Gasteiger partial charge in [0.15, 0.2) is 5.82 Å². The van der Waals surface area contributed by atoms with Crippen LogP contribution in [0.25, 0.3) is 0 Å². The summed E-state index contributed by atoms with van der Waals surface area (Å²) in [5.74, 6) is 1.52. The summed E-state index contributed by atoms with van der Waals surface area (Å²) in [6.07, 6.45) is 3.58. The highest BCUT2D eigenvalue weighted by molar-refractivity contribution is 6.03. The van der Waals surface area contributed by atoms with Crippen molar-refractivity contribution in [2.75, 3.05) is 17.2 Å². The molecule has 0 unspecified atom stereocenters. The Labute approximate surface area is 146 Å². The molecule has 2 aromatic heterocycles. The lowest BCUT2D eigenvalue weighted by Crippen LogP contribution is -2.13. The molecule has 3 rings (SSSR count). The zero-order chi connectivity index (χ0) is 17.5. The van der Waals surface area contributed by atoms with Crippen molar-refractivity contribution >= 4 is 17.5 Å². The average Bonchev–Trinajstić information content (AvgIpc) is 3.05. The van der Waals surface area contributed by atoms with Crippen LogP contribution < -0.4 is 10.6 Å². The Morgan fingerprint density at radius 1 is 1.12 bits per heavy atom. The topological polar surface area (TPSA) is 80.0 Å². The normalized spacial score (nSPS) is 10.4. The van der Waals surface area contributed by atoms with Crippen molar-refractivity contribution in [1.82, 2.24) is 10.1 Å². The monoisotopic (exact) mass is 336 g/mol. The van der Waals surface area contributed by atoms with Gasteiger partial charge in [0.2, 0.25) is 0 Å². The zero-order valence-electron chi connectivity index (χ0n) is 14.0. The van der Waals surface area contributed by atoms with E-state index in [1.54, 1.807) is 31.3 Å². The summed E-state index contributed by atoms with van der Waals surface area (Å²) in [6.45, 7) is 2.59. The van der Waals surface area contributed by atoms with E-state index in [4.69, 9.17) is 4.52 Å². The number of hydrogen-bond donors (Lipinski definition) is 2. The minimum absolute atomic E-state index is 0.267. The number of nitrogens with zero attached hydrogens (tertiary/aromatic N) is 2. The summed E-state index contributed by atoms with van der Waals surface area (Å²) < 4.78 is 4.92. The van der Waals surface area contributed by atoms with Gasteiger partial charge >= 0.3 is 0 Å². The van der Waals surface area contributed by atoms with Crippen LogP contribution in [0.5, 0.6) is 0 Å². The number of carbonyl (C=O) groups excluding carboxylic acids is 1. The lowest BCUT2D eigenvalue weighted by Gasteiger charge is -2.07. The van der Waals surface area contributed by atoms with Gasteiger partial charge in [-0.2, -0.15) is 0 Å². The Morgan fingerprint density at radius 2 is 1.96 bits per heavy atom. The van der Waals surface area contributed by atoms with Crippen LogP contribution in [0.1, 0.15) is 28.1 Å². The third-order valence-corrected chi connectivity index (χ3v) is 3.69.